The van der Waals surface area contributed by atoms with E-state index in [2.05, 4.69) is 10.4 Å². The average Bonchev–Trinajstić information content (AvgIpc) is 2.91. The summed E-state index contributed by atoms with van der Waals surface area (Å²) in [5.74, 6) is -0.657. The first-order chi connectivity index (χ1) is 12.7. The number of pyridine rings is 1. The molecule has 1 amide bonds. The van der Waals surface area contributed by atoms with Crippen molar-refractivity contribution in [2.45, 2.75) is 12.7 Å². The molecule has 0 aliphatic heterocycles. The first-order valence-corrected chi connectivity index (χ1v) is 7.92. The number of rotatable bonds is 4. The molecule has 0 unspecified atom stereocenters. The highest BCUT2D eigenvalue weighted by molar-refractivity contribution is 6.31. The van der Waals surface area contributed by atoms with Crippen LogP contribution in [0.25, 0.3) is 5.65 Å². The van der Waals surface area contributed by atoms with Crippen LogP contribution in [0.5, 0.6) is 0 Å². The van der Waals surface area contributed by atoms with Gasteiger partial charge in [0, 0.05) is 6.20 Å². The lowest BCUT2D eigenvalue weighted by Crippen LogP contribution is -2.22. The number of hydrogen-bond donors (Lipinski definition) is 2. The molecule has 0 aliphatic rings. The lowest BCUT2D eigenvalue weighted by Gasteiger charge is -2.10. The molecule has 7 nitrogen and oxygen atoms in total. The number of aromatic nitrogens is 3. The Morgan fingerprint density at radius 2 is 2.00 bits per heavy atom. The van der Waals surface area contributed by atoms with Gasteiger partial charge in [-0.15, -0.1) is 5.10 Å². The summed E-state index contributed by atoms with van der Waals surface area (Å²) in [6.45, 7) is -0.913. The van der Waals surface area contributed by atoms with Crippen molar-refractivity contribution in [1.29, 1.82) is 0 Å². The number of nitrogens with zero attached hydrogens (tertiary/aromatic N) is 3. The molecule has 2 N–H and O–H groups in total. The lowest BCUT2D eigenvalue weighted by molar-refractivity contribution is -0.137. The van der Waals surface area contributed by atoms with Crippen molar-refractivity contribution in [2.24, 2.45) is 0 Å². The number of hydrogen-bond acceptors (Lipinski definition) is 4. The molecule has 3 rings (SSSR count). The number of carbonyl (C=O) groups excluding carboxylic acids is 1. The average molecular weight is 401 g/mol. The normalized spacial score (nSPS) is 11.7. The Morgan fingerprint density at radius 1 is 1.26 bits per heavy atom. The Labute approximate surface area is 154 Å². The summed E-state index contributed by atoms with van der Waals surface area (Å²) in [6, 6.07) is 6.29. The third-order valence-electron chi connectivity index (χ3n) is 3.67. The summed E-state index contributed by atoms with van der Waals surface area (Å²) < 4.78 is 41.0. The number of aliphatic hydroxyl groups excluding tert-OH is 1. The van der Waals surface area contributed by atoms with Crippen molar-refractivity contribution in [3.05, 3.63) is 63.2 Å². The third-order valence-corrected chi connectivity index (χ3v) is 4.00. The van der Waals surface area contributed by atoms with Gasteiger partial charge >= 0.3 is 11.9 Å². The highest BCUT2D eigenvalue weighted by Crippen LogP contribution is 2.35. The first-order valence-electron chi connectivity index (χ1n) is 7.54. The minimum Gasteiger partial charge on any atom is -0.387 e. The molecule has 0 spiro atoms. The maximum absolute atomic E-state index is 13.0. The first kappa shape index (κ1) is 18.9. The topological polar surface area (TPSA) is 88.6 Å². The van der Waals surface area contributed by atoms with Crippen molar-refractivity contribution in [3.63, 3.8) is 0 Å². The van der Waals surface area contributed by atoms with E-state index in [1.165, 1.54) is 24.4 Å². The van der Waals surface area contributed by atoms with Gasteiger partial charge in [0.2, 0.25) is 5.91 Å². The van der Waals surface area contributed by atoms with Crippen LogP contribution in [0.1, 0.15) is 11.1 Å². The smallest absolute Gasteiger partial charge is 0.387 e. The largest absolute Gasteiger partial charge is 0.417 e. The number of alkyl halides is 3. The minimum absolute atomic E-state index is 0.195. The molecule has 0 radical (unpaired) electrons. The summed E-state index contributed by atoms with van der Waals surface area (Å²) >= 11 is 5.59. The Hall–Kier alpha value is -2.85. The van der Waals surface area contributed by atoms with Crippen molar-refractivity contribution < 1.29 is 23.1 Å². The molecule has 0 saturated carbocycles. The fourth-order valence-electron chi connectivity index (χ4n) is 2.46. The molecule has 0 atom stereocenters. The van der Waals surface area contributed by atoms with Gasteiger partial charge in [-0.2, -0.15) is 13.2 Å². The number of nitrogens with one attached hydrogen (secondary N) is 1. The van der Waals surface area contributed by atoms with E-state index in [9.17, 15) is 22.8 Å². The van der Waals surface area contributed by atoms with Crippen LogP contribution in [-0.2, 0) is 17.5 Å². The van der Waals surface area contributed by atoms with Crippen molar-refractivity contribution >= 4 is 28.8 Å². The Morgan fingerprint density at radius 3 is 2.67 bits per heavy atom. The van der Waals surface area contributed by atoms with E-state index in [-0.39, 0.29) is 23.4 Å². The second-order valence-electron chi connectivity index (χ2n) is 5.60. The standard InChI is InChI=1S/C16H12ClF3N4O3/c17-12-3-1-9(5-11(12)16(18,19)20)6-24-15(27)23-7-10(21-14(26)8-25)2-4-13(23)22-24/h1-5,7,25H,6,8H2,(H,21,26). The number of carbonyl (C=O) groups is 1. The van der Waals surface area contributed by atoms with E-state index in [1.54, 1.807) is 0 Å². The number of anilines is 1. The van der Waals surface area contributed by atoms with Crippen LogP contribution in [0.4, 0.5) is 18.9 Å². The van der Waals surface area contributed by atoms with Crippen molar-refractivity contribution in [3.8, 4) is 0 Å². The molecule has 0 bridgehead atoms. The third kappa shape index (κ3) is 3.96. The zero-order chi connectivity index (χ0) is 19.8. The number of fused-ring (bicyclic) bond motifs is 1. The second-order valence-corrected chi connectivity index (χ2v) is 6.01. The molecule has 2 aromatic heterocycles. The second kappa shape index (κ2) is 7.05. The van der Waals surface area contributed by atoms with E-state index >= 15 is 0 Å². The van der Waals surface area contributed by atoms with Crippen LogP contribution < -0.4 is 11.0 Å². The quantitative estimate of drug-likeness (QED) is 0.702. The van der Waals surface area contributed by atoms with E-state index in [0.717, 1.165) is 21.2 Å². The SMILES string of the molecule is O=C(CO)Nc1ccc2nn(Cc3ccc(Cl)c(C(F)(F)F)c3)c(=O)n2c1. The van der Waals surface area contributed by atoms with E-state index in [1.807, 2.05) is 0 Å². The van der Waals surface area contributed by atoms with Gasteiger partial charge in [-0.25, -0.2) is 13.9 Å². The molecule has 0 fully saturated rings. The molecule has 2 heterocycles. The van der Waals surface area contributed by atoms with Gasteiger partial charge in [0.1, 0.15) is 6.61 Å². The van der Waals surface area contributed by atoms with Gasteiger partial charge < -0.3 is 10.4 Å². The van der Waals surface area contributed by atoms with E-state index in [0.29, 0.717) is 0 Å². The van der Waals surface area contributed by atoms with Crippen LogP contribution in [0.15, 0.2) is 41.3 Å². The van der Waals surface area contributed by atoms with Gasteiger partial charge in [0.25, 0.3) is 0 Å². The van der Waals surface area contributed by atoms with Crippen LogP contribution in [0.3, 0.4) is 0 Å². The predicted molar refractivity (Wildman–Crippen MR) is 90.7 cm³/mol. The zero-order valence-electron chi connectivity index (χ0n) is 13.5. The summed E-state index contributed by atoms with van der Waals surface area (Å²) in [7, 11) is 0. The van der Waals surface area contributed by atoms with Gasteiger partial charge in [-0.3, -0.25) is 4.79 Å². The highest BCUT2D eigenvalue weighted by atomic mass is 35.5. The molecule has 1 aromatic carbocycles. The monoisotopic (exact) mass is 400 g/mol. The molecule has 11 heteroatoms. The fourth-order valence-corrected chi connectivity index (χ4v) is 2.68. The Balaban J connectivity index is 1.95. The summed E-state index contributed by atoms with van der Waals surface area (Å²) in [6.07, 6.45) is -3.31. The maximum atomic E-state index is 13.0. The predicted octanol–water partition coefficient (Wildman–Crippen LogP) is 2.15. The lowest BCUT2D eigenvalue weighted by atomic mass is 10.1. The van der Waals surface area contributed by atoms with Crippen LogP contribution in [0.2, 0.25) is 5.02 Å². The minimum atomic E-state index is -4.61. The number of amides is 1. The summed E-state index contributed by atoms with van der Waals surface area (Å²) in [4.78, 5) is 23.7. The molecular weight excluding hydrogens is 389 g/mol. The van der Waals surface area contributed by atoms with Gasteiger partial charge in [-0.05, 0) is 29.8 Å². The van der Waals surface area contributed by atoms with E-state index < -0.39 is 35.0 Å². The number of halogens is 4. The number of aliphatic hydroxyl groups is 1. The summed E-state index contributed by atoms with van der Waals surface area (Å²) in [5, 5.41) is 14.7. The van der Waals surface area contributed by atoms with Crippen molar-refractivity contribution in [1.82, 2.24) is 14.2 Å². The molecule has 27 heavy (non-hydrogen) atoms. The Bertz CT molecular complexity index is 1070. The van der Waals surface area contributed by atoms with Gasteiger partial charge in [0.05, 0.1) is 22.8 Å². The maximum Gasteiger partial charge on any atom is 0.417 e. The summed E-state index contributed by atoms with van der Waals surface area (Å²) in [5.41, 5.74) is -0.895. The number of benzene rings is 1. The zero-order valence-corrected chi connectivity index (χ0v) is 14.3. The van der Waals surface area contributed by atoms with Crippen LogP contribution >= 0.6 is 11.6 Å². The Kier molecular flexibility index (Phi) is 4.94. The van der Waals surface area contributed by atoms with Crippen LogP contribution in [-0.4, -0.2) is 31.8 Å². The molecule has 0 saturated heterocycles. The van der Waals surface area contributed by atoms with Crippen molar-refractivity contribution in [2.75, 3.05) is 11.9 Å². The molecule has 0 aliphatic carbocycles. The molecule has 3 aromatic rings. The molecular formula is C16H12ClF3N4O3. The molecule has 142 valence electrons. The fraction of sp³-hybridized carbons (Fsp3) is 0.188. The van der Waals surface area contributed by atoms with Gasteiger partial charge in [0.15, 0.2) is 5.65 Å². The van der Waals surface area contributed by atoms with Gasteiger partial charge in [-0.1, -0.05) is 17.7 Å². The van der Waals surface area contributed by atoms with E-state index in [4.69, 9.17) is 16.7 Å². The van der Waals surface area contributed by atoms with Crippen LogP contribution in [0, 0.1) is 0 Å². The highest BCUT2D eigenvalue weighted by Gasteiger charge is 2.33.